The SMILES string of the molecule is Cl.O=C1N=C(N2CCCCC2)S/C1=C\c1ccc(OCCNCC(O)COc2ccccc2)cc1. The summed E-state index contributed by atoms with van der Waals surface area (Å²) in [5, 5.41) is 14.0. The molecule has 0 saturated carbocycles. The first-order valence-corrected chi connectivity index (χ1v) is 12.6. The Bertz CT molecular complexity index is 995. The van der Waals surface area contributed by atoms with Crippen molar-refractivity contribution in [3.05, 3.63) is 65.1 Å². The van der Waals surface area contributed by atoms with Crippen LogP contribution in [-0.4, -0.2) is 66.6 Å². The van der Waals surface area contributed by atoms with Crippen LogP contribution in [0.4, 0.5) is 0 Å². The Labute approximate surface area is 217 Å². The lowest BCUT2D eigenvalue weighted by Crippen LogP contribution is -2.33. The molecule has 0 spiro atoms. The molecule has 1 unspecified atom stereocenters. The molecule has 7 nitrogen and oxygen atoms in total. The molecule has 1 amide bonds. The lowest BCUT2D eigenvalue weighted by molar-refractivity contribution is -0.113. The van der Waals surface area contributed by atoms with Gasteiger partial charge in [0.05, 0.1) is 4.91 Å². The van der Waals surface area contributed by atoms with E-state index >= 15 is 0 Å². The number of rotatable bonds is 10. The molecule has 2 aromatic rings. The predicted molar refractivity (Wildman–Crippen MR) is 143 cm³/mol. The summed E-state index contributed by atoms with van der Waals surface area (Å²) in [7, 11) is 0. The molecule has 0 aromatic heterocycles. The average Bonchev–Trinajstić information content (AvgIpc) is 3.24. The van der Waals surface area contributed by atoms with Crippen molar-refractivity contribution in [2.75, 3.05) is 39.4 Å². The smallest absolute Gasteiger partial charge is 0.286 e. The Hall–Kier alpha value is -2.52. The van der Waals surface area contributed by atoms with Crippen LogP contribution in [0.25, 0.3) is 6.08 Å². The van der Waals surface area contributed by atoms with Crippen molar-refractivity contribution in [2.24, 2.45) is 4.99 Å². The van der Waals surface area contributed by atoms with Crippen molar-refractivity contribution in [1.29, 1.82) is 0 Å². The number of aliphatic hydroxyl groups excluding tert-OH is 1. The van der Waals surface area contributed by atoms with Crippen molar-refractivity contribution in [2.45, 2.75) is 25.4 Å². The van der Waals surface area contributed by atoms with Crippen LogP contribution in [0.15, 0.2) is 64.5 Å². The third-order valence-electron chi connectivity index (χ3n) is 5.53. The predicted octanol–water partition coefficient (Wildman–Crippen LogP) is 3.97. The van der Waals surface area contributed by atoms with E-state index in [0.717, 1.165) is 48.2 Å². The summed E-state index contributed by atoms with van der Waals surface area (Å²) in [5.74, 6) is 1.34. The van der Waals surface area contributed by atoms with Crippen LogP contribution < -0.4 is 14.8 Å². The quantitative estimate of drug-likeness (QED) is 0.364. The number of likely N-dealkylation sites (tertiary alicyclic amines) is 1. The number of carbonyl (C=O) groups excluding carboxylic acids is 1. The second-order valence-electron chi connectivity index (χ2n) is 8.26. The summed E-state index contributed by atoms with van der Waals surface area (Å²) in [4.78, 5) is 19.4. The van der Waals surface area contributed by atoms with Gasteiger partial charge in [0.25, 0.3) is 5.91 Å². The van der Waals surface area contributed by atoms with Crippen LogP contribution in [-0.2, 0) is 4.79 Å². The molecule has 188 valence electrons. The minimum atomic E-state index is -0.594. The van der Waals surface area contributed by atoms with E-state index in [1.165, 1.54) is 18.2 Å². The van der Waals surface area contributed by atoms with Crippen LogP contribution >= 0.6 is 24.2 Å². The Morgan fingerprint density at radius 1 is 1.03 bits per heavy atom. The summed E-state index contributed by atoms with van der Waals surface area (Å²) < 4.78 is 11.3. The highest BCUT2D eigenvalue weighted by Gasteiger charge is 2.26. The maximum atomic E-state index is 12.3. The summed E-state index contributed by atoms with van der Waals surface area (Å²) in [6.07, 6.45) is 4.86. The molecule has 2 N–H and O–H groups in total. The van der Waals surface area contributed by atoms with Gasteiger partial charge in [-0.25, -0.2) is 0 Å². The van der Waals surface area contributed by atoms with E-state index < -0.39 is 6.10 Å². The Balaban J connectivity index is 0.00000342. The number of carbonyl (C=O) groups is 1. The van der Waals surface area contributed by atoms with E-state index in [-0.39, 0.29) is 24.9 Å². The molecule has 35 heavy (non-hydrogen) atoms. The molecule has 0 bridgehead atoms. The van der Waals surface area contributed by atoms with E-state index in [9.17, 15) is 9.90 Å². The summed E-state index contributed by atoms with van der Waals surface area (Å²) in [5.41, 5.74) is 0.943. The second-order valence-corrected chi connectivity index (χ2v) is 9.27. The van der Waals surface area contributed by atoms with Gasteiger partial charge < -0.3 is 24.8 Å². The van der Waals surface area contributed by atoms with Gasteiger partial charge in [-0.15, -0.1) is 12.4 Å². The number of nitrogens with zero attached hydrogens (tertiary/aromatic N) is 2. The Morgan fingerprint density at radius 2 is 1.74 bits per heavy atom. The highest BCUT2D eigenvalue weighted by molar-refractivity contribution is 8.18. The molecule has 1 fully saturated rings. The fourth-order valence-corrected chi connectivity index (χ4v) is 4.67. The van der Waals surface area contributed by atoms with Crippen LogP contribution in [0, 0.1) is 0 Å². The number of hydrogen-bond acceptors (Lipinski definition) is 7. The number of nitrogens with one attached hydrogen (secondary N) is 1. The van der Waals surface area contributed by atoms with Gasteiger partial charge in [0.2, 0.25) is 0 Å². The fraction of sp³-hybridized carbons (Fsp3) is 0.385. The van der Waals surface area contributed by atoms with Gasteiger partial charge in [-0.2, -0.15) is 4.99 Å². The monoisotopic (exact) mass is 517 g/mol. The van der Waals surface area contributed by atoms with Gasteiger partial charge in [-0.3, -0.25) is 4.79 Å². The van der Waals surface area contributed by atoms with Crippen molar-refractivity contribution >= 4 is 41.3 Å². The zero-order valence-corrected chi connectivity index (χ0v) is 21.2. The third kappa shape index (κ3) is 8.58. The zero-order chi connectivity index (χ0) is 23.6. The lowest BCUT2D eigenvalue weighted by Gasteiger charge is -2.27. The van der Waals surface area contributed by atoms with Crippen LogP contribution in [0.2, 0.25) is 0 Å². The number of aliphatic imine (C=N–C) groups is 1. The number of amidine groups is 1. The molecule has 0 aliphatic carbocycles. The maximum absolute atomic E-state index is 12.3. The van der Waals surface area contributed by atoms with Gasteiger partial charge in [0.1, 0.15) is 30.8 Å². The molecule has 2 aromatic carbocycles. The van der Waals surface area contributed by atoms with Crippen LogP contribution in [0.3, 0.4) is 0 Å². The number of thioether (sulfide) groups is 1. The molecular formula is C26H32ClN3O4S. The van der Waals surface area contributed by atoms with Crippen LogP contribution in [0.5, 0.6) is 11.5 Å². The van der Waals surface area contributed by atoms with Crippen molar-refractivity contribution in [3.8, 4) is 11.5 Å². The Kier molecular flexibility index (Phi) is 10.9. The van der Waals surface area contributed by atoms with Gasteiger partial charge in [-0.05, 0) is 66.9 Å². The van der Waals surface area contributed by atoms with E-state index in [4.69, 9.17) is 9.47 Å². The van der Waals surface area contributed by atoms with Crippen molar-refractivity contribution in [1.82, 2.24) is 10.2 Å². The molecule has 9 heteroatoms. The molecule has 1 atom stereocenters. The molecule has 2 aliphatic rings. The highest BCUT2D eigenvalue weighted by atomic mass is 35.5. The molecule has 4 rings (SSSR count). The number of aliphatic hydroxyl groups is 1. The first-order chi connectivity index (χ1) is 16.7. The summed E-state index contributed by atoms with van der Waals surface area (Å²) >= 11 is 1.47. The molecule has 0 radical (unpaired) electrons. The van der Waals surface area contributed by atoms with E-state index in [1.807, 2.05) is 60.7 Å². The number of amides is 1. The average molecular weight is 518 g/mol. The highest BCUT2D eigenvalue weighted by Crippen LogP contribution is 2.31. The first kappa shape index (κ1) is 27.1. The van der Waals surface area contributed by atoms with Gasteiger partial charge >= 0.3 is 0 Å². The topological polar surface area (TPSA) is 83.4 Å². The van der Waals surface area contributed by atoms with E-state index in [2.05, 4.69) is 15.2 Å². The van der Waals surface area contributed by atoms with Crippen LogP contribution in [0.1, 0.15) is 24.8 Å². The van der Waals surface area contributed by atoms with E-state index in [1.54, 1.807) is 0 Å². The summed E-state index contributed by atoms with van der Waals surface area (Å²) in [6.45, 7) is 3.71. The molecular weight excluding hydrogens is 486 g/mol. The molecule has 2 heterocycles. The lowest BCUT2D eigenvalue weighted by atomic mass is 10.1. The maximum Gasteiger partial charge on any atom is 0.286 e. The molecule has 1 saturated heterocycles. The largest absolute Gasteiger partial charge is 0.492 e. The summed E-state index contributed by atoms with van der Waals surface area (Å²) in [6, 6.07) is 17.1. The van der Waals surface area contributed by atoms with Gasteiger partial charge in [-0.1, -0.05) is 30.3 Å². The van der Waals surface area contributed by atoms with Gasteiger partial charge in [0, 0.05) is 26.2 Å². The minimum absolute atomic E-state index is 0. The fourth-order valence-electron chi connectivity index (χ4n) is 3.71. The number of para-hydroxylation sites is 1. The number of piperidine rings is 1. The molecule has 2 aliphatic heterocycles. The van der Waals surface area contributed by atoms with Crippen molar-refractivity contribution < 1.29 is 19.4 Å². The number of halogens is 1. The standard InChI is InChI=1S/C26H31N3O4S.ClH/c30-21(19-33-22-7-3-1-4-8-22)18-27-13-16-32-23-11-9-20(10-12-23)17-24-25(31)28-26(34-24)29-14-5-2-6-15-29;/h1,3-4,7-12,17,21,27,30H,2,5-6,13-16,18-19H2;1H/b24-17-;. The normalized spacial score (nSPS) is 17.6. The number of benzene rings is 2. The van der Waals surface area contributed by atoms with E-state index in [0.29, 0.717) is 24.6 Å². The third-order valence-corrected chi connectivity index (χ3v) is 6.57. The van der Waals surface area contributed by atoms with Crippen molar-refractivity contribution in [3.63, 3.8) is 0 Å². The second kappa shape index (κ2) is 14.1. The zero-order valence-electron chi connectivity index (χ0n) is 19.6. The minimum Gasteiger partial charge on any atom is -0.492 e. The number of ether oxygens (including phenoxy) is 2. The van der Waals surface area contributed by atoms with Gasteiger partial charge in [0.15, 0.2) is 5.17 Å². The Morgan fingerprint density at radius 3 is 2.49 bits per heavy atom. The first-order valence-electron chi connectivity index (χ1n) is 11.7. The number of hydrogen-bond donors (Lipinski definition) is 2.